The van der Waals surface area contributed by atoms with E-state index < -0.39 is 21.8 Å². The molecule has 154 valence electrons. The maximum absolute atomic E-state index is 12.9. The zero-order valence-electron chi connectivity index (χ0n) is 16.5. The minimum absolute atomic E-state index is 0.0488. The lowest BCUT2D eigenvalue weighted by Crippen LogP contribution is -2.17. The zero-order chi connectivity index (χ0) is 21.9. The number of benzene rings is 3. The van der Waals surface area contributed by atoms with Gasteiger partial charge in [0.25, 0.3) is 15.9 Å². The van der Waals surface area contributed by atoms with Crippen LogP contribution in [0.2, 0.25) is 0 Å². The Balaban J connectivity index is 1.87. The van der Waals surface area contributed by atoms with Crippen molar-refractivity contribution in [1.29, 1.82) is 0 Å². The summed E-state index contributed by atoms with van der Waals surface area (Å²) in [4.78, 5) is 23.9. The molecule has 0 heterocycles. The summed E-state index contributed by atoms with van der Waals surface area (Å²) in [6.07, 6.45) is 0. The van der Waals surface area contributed by atoms with Crippen LogP contribution in [0.25, 0.3) is 0 Å². The number of rotatable bonds is 6. The van der Waals surface area contributed by atoms with Crippen LogP contribution in [-0.2, 0) is 10.0 Å². The molecule has 0 fully saturated rings. The summed E-state index contributed by atoms with van der Waals surface area (Å²) in [6.45, 7) is 3.54. The molecule has 3 aromatic carbocycles. The molecule has 7 nitrogen and oxygen atoms in total. The summed E-state index contributed by atoms with van der Waals surface area (Å²) in [6, 6.07) is 17.6. The first kappa shape index (κ1) is 21.1. The highest BCUT2D eigenvalue weighted by Crippen LogP contribution is 2.24. The second-order valence-electron chi connectivity index (χ2n) is 6.85. The molecule has 0 radical (unpaired) electrons. The normalized spacial score (nSPS) is 11.0. The Morgan fingerprint density at radius 1 is 0.833 bits per heavy atom. The predicted molar refractivity (Wildman–Crippen MR) is 116 cm³/mol. The first-order chi connectivity index (χ1) is 14.2. The van der Waals surface area contributed by atoms with Crippen LogP contribution in [0.4, 0.5) is 11.4 Å². The van der Waals surface area contributed by atoms with E-state index in [1.54, 1.807) is 43.3 Å². The monoisotopic (exact) mass is 423 g/mol. The number of nitrogens with two attached hydrogens (primary N) is 1. The number of amides is 2. The van der Waals surface area contributed by atoms with Gasteiger partial charge >= 0.3 is 0 Å². The van der Waals surface area contributed by atoms with Gasteiger partial charge in [0.2, 0.25) is 5.91 Å². The highest BCUT2D eigenvalue weighted by molar-refractivity contribution is 7.92. The van der Waals surface area contributed by atoms with Crippen molar-refractivity contribution >= 4 is 33.2 Å². The first-order valence-electron chi connectivity index (χ1n) is 9.07. The van der Waals surface area contributed by atoms with Gasteiger partial charge in [0.15, 0.2) is 0 Å². The number of nitrogens with one attached hydrogen (secondary N) is 2. The Labute approximate surface area is 175 Å². The summed E-state index contributed by atoms with van der Waals surface area (Å²) in [5, 5.41) is 2.65. The van der Waals surface area contributed by atoms with Crippen molar-refractivity contribution in [2.24, 2.45) is 5.73 Å². The Bertz CT molecular complexity index is 1240. The molecule has 0 atom stereocenters. The van der Waals surface area contributed by atoms with Gasteiger partial charge in [-0.05, 0) is 67.4 Å². The zero-order valence-corrected chi connectivity index (χ0v) is 17.3. The molecule has 2 amide bonds. The maximum atomic E-state index is 12.9. The molecule has 30 heavy (non-hydrogen) atoms. The lowest BCUT2D eigenvalue weighted by molar-refractivity contribution is 0.1000. The molecule has 4 N–H and O–H groups in total. The van der Waals surface area contributed by atoms with Gasteiger partial charge < -0.3 is 11.1 Å². The van der Waals surface area contributed by atoms with E-state index in [1.165, 1.54) is 24.3 Å². The minimum Gasteiger partial charge on any atom is -0.366 e. The van der Waals surface area contributed by atoms with Crippen molar-refractivity contribution in [2.45, 2.75) is 18.7 Å². The third-order valence-electron chi connectivity index (χ3n) is 4.42. The van der Waals surface area contributed by atoms with Crippen LogP contribution in [0.15, 0.2) is 71.6 Å². The number of hydrogen-bond donors (Lipinski definition) is 3. The van der Waals surface area contributed by atoms with E-state index in [-0.39, 0.29) is 16.0 Å². The molecule has 0 saturated carbocycles. The summed E-state index contributed by atoms with van der Waals surface area (Å²) >= 11 is 0. The standard InChI is InChI=1S/C22H21N3O4S/c1-14-5-3-8-19(11-14)25-30(28,29)20-13-18(10-9-15(20)2)24-22(27)17-7-4-6-16(12-17)21(23)26/h3-13,25H,1-2H3,(H2,23,26)(H,24,27). The van der Waals surface area contributed by atoms with Crippen LogP contribution in [0, 0.1) is 13.8 Å². The van der Waals surface area contributed by atoms with Gasteiger partial charge in [0, 0.05) is 22.5 Å². The molecule has 8 heteroatoms. The summed E-state index contributed by atoms with van der Waals surface area (Å²) in [5.41, 5.74) is 7.89. The number of primary amides is 1. The van der Waals surface area contributed by atoms with Crippen LogP contribution in [0.1, 0.15) is 31.8 Å². The number of anilines is 2. The molecule has 0 aromatic heterocycles. The highest BCUT2D eigenvalue weighted by Gasteiger charge is 2.19. The number of aryl methyl sites for hydroxylation is 2. The van der Waals surface area contributed by atoms with Gasteiger partial charge in [-0.3, -0.25) is 14.3 Å². The van der Waals surface area contributed by atoms with Gasteiger partial charge in [0.05, 0.1) is 4.90 Å². The molecule has 0 spiro atoms. The topological polar surface area (TPSA) is 118 Å². The quantitative estimate of drug-likeness (QED) is 0.563. The van der Waals surface area contributed by atoms with Crippen LogP contribution in [-0.4, -0.2) is 20.2 Å². The lowest BCUT2D eigenvalue weighted by Gasteiger charge is -2.13. The Hall–Kier alpha value is -3.65. The Morgan fingerprint density at radius 2 is 1.53 bits per heavy atom. The Morgan fingerprint density at radius 3 is 2.23 bits per heavy atom. The van der Waals surface area contributed by atoms with Crippen LogP contribution in [0.3, 0.4) is 0 Å². The number of hydrogen-bond acceptors (Lipinski definition) is 4. The fourth-order valence-electron chi connectivity index (χ4n) is 2.90. The molecule has 0 aliphatic rings. The van der Waals surface area contributed by atoms with Gasteiger partial charge in [-0.2, -0.15) is 0 Å². The number of sulfonamides is 1. The molecule has 0 unspecified atom stereocenters. The molecular formula is C22H21N3O4S. The van der Waals surface area contributed by atoms with E-state index >= 15 is 0 Å². The molecule has 0 saturated heterocycles. The smallest absolute Gasteiger partial charge is 0.262 e. The number of carbonyl (C=O) groups excluding carboxylic acids is 2. The third-order valence-corrected chi connectivity index (χ3v) is 5.94. The Kier molecular flexibility index (Phi) is 5.89. The lowest BCUT2D eigenvalue weighted by atomic mass is 10.1. The second kappa shape index (κ2) is 8.38. The van der Waals surface area contributed by atoms with Crippen molar-refractivity contribution in [2.75, 3.05) is 10.0 Å². The van der Waals surface area contributed by atoms with Gasteiger partial charge in [0.1, 0.15) is 0 Å². The fourth-order valence-corrected chi connectivity index (χ4v) is 4.22. The molecule has 0 bridgehead atoms. The molecule has 0 aliphatic carbocycles. The van der Waals surface area contributed by atoms with Gasteiger partial charge in [-0.1, -0.05) is 24.3 Å². The molecule has 3 rings (SSSR count). The molecular weight excluding hydrogens is 402 g/mol. The largest absolute Gasteiger partial charge is 0.366 e. The van der Waals surface area contributed by atoms with E-state index in [0.29, 0.717) is 16.9 Å². The summed E-state index contributed by atoms with van der Waals surface area (Å²) in [7, 11) is -3.86. The van der Waals surface area contributed by atoms with Crippen LogP contribution >= 0.6 is 0 Å². The van der Waals surface area contributed by atoms with E-state index in [4.69, 9.17) is 5.73 Å². The van der Waals surface area contributed by atoms with Crippen molar-refractivity contribution in [3.8, 4) is 0 Å². The van der Waals surface area contributed by atoms with Crippen LogP contribution in [0.5, 0.6) is 0 Å². The maximum Gasteiger partial charge on any atom is 0.262 e. The SMILES string of the molecule is Cc1cccc(NS(=O)(=O)c2cc(NC(=O)c3cccc(C(N)=O)c3)ccc2C)c1. The fraction of sp³-hybridized carbons (Fsp3) is 0.0909. The van der Waals surface area contributed by atoms with Gasteiger partial charge in [-0.15, -0.1) is 0 Å². The third kappa shape index (κ3) is 4.84. The van der Waals surface area contributed by atoms with Crippen molar-refractivity contribution in [3.05, 3.63) is 89.0 Å². The highest BCUT2D eigenvalue weighted by atomic mass is 32.2. The van der Waals surface area contributed by atoms with E-state index in [0.717, 1.165) is 5.56 Å². The molecule has 3 aromatic rings. The van der Waals surface area contributed by atoms with Crippen molar-refractivity contribution in [3.63, 3.8) is 0 Å². The second-order valence-corrected chi connectivity index (χ2v) is 8.51. The minimum atomic E-state index is -3.86. The van der Waals surface area contributed by atoms with Crippen molar-refractivity contribution in [1.82, 2.24) is 0 Å². The average Bonchev–Trinajstić information content (AvgIpc) is 2.69. The van der Waals surface area contributed by atoms with Crippen molar-refractivity contribution < 1.29 is 18.0 Å². The van der Waals surface area contributed by atoms with E-state index in [1.807, 2.05) is 13.0 Å². The first-order valence-corrected chi connectivity index (χ1v) is 10.6. The van der Waals surface area contributed by atoms with E-state index in [9.17, 15) is 18.0 Å². The summed E-state index contributed by atoms with van der Waals surface area (Å²) in [5.74, 6) is -1.13. The van der Waals surface area contributed by atoms with Gasteiger partial charge in [-0.25, -0.2) is 8.42 Å². The van der Waals surface area contributed by atoms with E-state index in [2.05, 4.69) is 10.0 Å². The number of carbonyl (C=O) groups is 2. The average molecular weight is 423 g/mol. The predicted octanol–water partition coefficient (Wildman–Crippen LogP) is 3.46. The molecule has 0 aliphatic heterocycles. The summed E-state index contributed by atoms with van der Waals surface area (Å²) < 4.78 is 28.3. The van der Waals surface area contributed by atoms with Crippen LogP contribution < -0.4 is 15.8 Å².